The van der Waals surface area contributed by atoms with Crippen LogP contribution in [-0.2, 0) is 4.79 Å². The number of carbonyl (C=O) groups excluding carboxylic acids is 1. The molecule has 1 aliphatic rings. The molecule has 0 saturated carbocycles. The number of hydrogen-bond donors (Lipinski definition) is 1. The summed E-state index contributed by atoms with van der Waals surface area (Å²) in [6, 6.07) is 6.05. The van der Waals surface area contributed by atoms with Crippen molar-refractivity contribution in [1.82, 2.24) is 4.90 Å². The Labute approximate surface area is 121 Å². The first kappa shape index (κ1) is 14.5. The van der Waals surface area contributed by atoms with Crippen molar-refractivity contribution in [2.45, 2.75) is 6.04 Å². The van der Waals surface area contributed by atoms with Gasteiger partial charge in [-0.1, -0.05) is 24.8 Å². The molecule has 1 fully saturated rings. The zero-order valence-electron chi connectivity index (χ0n) is 10.8. The van der Waals surface area contributed by atoms with E-state index in [4.69, 9.17) is 9.84 Å². The Balaban J connectivity index is 2.24. The molecule has 1 amide bonds. The molecule has 0 spiro atoms. The maximum Gasteiger partial charge on any atom is 0.327 e. The molecule has 1 N–H and O–H groups in total. The van der Waals surface area contributed by atoms with Crippen molar-refractivity contribution in [2.75, 3.05) is 18.2 Å². The fourth-order valence-corrected chi connectivity index (χ4v) is 3.07. The molecule has 0 radical (unpaired) electrons. The summed E-state index contributed by atoms with van der Waals surface area (Å²) in [5.74, 6) is -0.0594. The van der Waals surface area contributed by atoms with E-state index in [9.17, 15) is 9.59 Å². The lowest BCUT2D eigenvalue weighted by Gasteiger charge is -2.21. The van der Waals surface area contributed by atoms with Gasteiger partial charge < -0.3 is 14.7 Å². The molecule has 1 aliphatic heterocycles. The van der Waals surface area contributed by atoms with Crippen LogP contribution >= 0.6 is 11.8 Å². The summed E-state index contributed by atoms with van der Waals surface area (Å²) in [5, 5.41) is 9.14. The SMILES string of the molecule is C=CCOc1ccccc1C(=O)N1CSCC1C(=O)O. The average Bonchev–Trinajstić information content (AvgIpc) is 2.94. The molecule has 106 valence electrons. The summed E-state index contributed by atoms with van der Waals surface area (Å²) in [5.41, 5.74) is 0.378. The minimum absolute atomic E-state index is 0.293. The molecule has 2 rings (SSSR count). The molecule has 0 aliphatic carbocycles. The third kappa shape index (κ3) is 2.96. The summed E-state index contributed by atoms with van der Waals surface area (Å²) in [4.78, 5) is 25.0. The Kier molecular flexibility index (Phi) is 4.68. The summed E-state index contributed by atoms with van der Waals surface area (Å²) in [6.07, 6.45) is 1.59. The summed E-state index contributed by atoms with van der Waals surface area (Å²) >= 11 is 1.43. The number of carboxylic acids is 1. The van der Waals surface area contributed by atoms with Gasteiger partial charge in [0, 0.05) is 5.75 Å². The molecule has 0 bridgehead atoms. The highest BCUT2D eigenvalue weighted by Gasteiger charge is 2.35. The Morgan fingerprint density at radius 2 is 2.25 bits per heavy atom. The quantitative estimate of drug-likeness (QED) is 0.839. The van der Waals surface area contributed by atoms with Crippen molar-refractivity contribution in [1.29, 1.82) is 0 Å². The van der Waals surface area contributed by atoms with E-state index in [1.165, 1.54) is 16.7 Å². The molecule has 5 nitrogen and oxygen atoms in total. The second-order valence-electron chi connectivity index (χ2n) is 4.22. The van der Waals surface area contributed by atoms with Crippen molar-refractivity contribution in [3.8, 4) is 5.75 Å². The van der Waals surface area contributed by atoms with Crippen LogP contribution in [0.2, 0.25) is 0 Å². The monoisotopic (exact) mass is 293 g/mol. The molecule has 20 heavy (non-hydrogen) atoms. The first-order valence-corrected chi connectivity index (χ1v) is 7.25. The molecule has 1 aromatic carbocycles. The second-order valence-corrected chi connectivity index (χ2v) is 5.22. The predicted molar refractivity (Wildman–Crippen MR) is 77.1 cm³/mol. The van der Waals surface area contributed by atoms with E-state index < -0.39 is 12.0 Å². The number of nitrogens with zero attached hydrogens (tertiary/aromatic N) is 1. The second kappa shape index (κ2) is 6.47. The van der Waals surface area contributed by atoms with Crippen LogP contribution in [0.1, 0.15) is 10.4 Å². The Morgan fingerprint density at radius 1 is 1.50 bits per heavy atom. The molecule has 1 heterocycles. The van der Waals surface area contributed by atoms with Gasteiger partial charge in [0.05, 0.1) is 11.4 Å². The van der Waals surface area contributed by atoms with Crippen molar-refractivity contribution < 1.29 is 19.4 Å². The predicted octanol–water partition coefficient (Wildman–Crippen LogP) is 1.85. The molecule has 1 aromatic rings. The van der Waals surface area contributed by atoms with Crippen LogP contribution < -0.4 is 4.74 Å². The van der Waals surface area contributed by atoms with Gasteiger partial charge in [-0.05, 0) is 12.1 Å². The molecule has 6 heteroatoms. The van der Waals surface area contributed by atoms with Gasteiger partial charge in [0.25, 0.3) is 5.91 Å². The Morgan fingerprint density at radius 3 is 2.95 bits per heavy atom. The molecule has 0 aromatic heterocycles. The number of carboxylic acid groups (broad SMARTS) is 1. The average molecular weight is 293 g/mol. The van der Waals surface area contributed by atoms with Gasteiger partial charge >= 0.3 is 5.97 Å². The summed E-state index contributed by atoms with van der Waals surface area (Å²) in [7, 11) is 0. The zero-order chi connectivity index (χ0) is 14.5. The van der Waals surface area contributed by atoms with E-state index in [2.05, 4.69) is 6.58 Å². The van der Waals surface area contributed by atoms with Gasteiger partial charge in [-0.3, -0.25) is 4.79 Å². The number of carbonyl (C=O) groups is 2. The Bertz CT molecular complexity index is 532. The number of amides is 1. The first-order chi connectivity index (χ1) is 9.65. The normalized spacial score (nSPS) is 17.8. The van der Waals surface area contributed by atoms with E-state index in [1.807, 2.05) is 0 Å². The zero-order valence-corrected chi connectivity index (χ0v) is 11.6. The highest BCUT2D eigenvalue weighted by atomic mass is 32.2. The van der Waals surface area contributed by atoms with Gasteiger partial charge in [-0.2, -0.15) is 0 Å². The summed E-state index contributed by atoms with van der Waals surface area (Å²) < 4.78 is 5.44. The highest BCUT2D eigenvalue weighted by molar-refractivity contribution is 7.99. The molecule has 1 atom stereocenters. The van der Waals surface area contributed by atoms with Crippen LogP contribution in [0.15, 0.2) is 36.9 Å². The number of rotatable bonds is 5. The van der Waals surface area contributed by atoms with Gasteiger partial charge in [0.15, 0.2) is 0 Å². The largest absolute Gasteiger partial charge is 0.489 e. The van der Waals surface area contributed by atoms with Crippen molar-refractivity contribution >= 4 is 23.6 Å². The van der Waals surface area contributed by atoms with Gasteiger partial charge in [0.2, 0.25) is 0 Å². The van der Waals surface area contributed by atoms with E-state index in [0.29, 0.717) is 29.5 Å². The van der Waals surface area contributed by atoms with Gasteiger partial charge in [-0.15, -0.1) is 11.8 Å². The molecule has 1 unspecified atom stereocenters. The number of hydrogen-bond acceptors (Lipinski definition) is 4. The lowest BCUT2D eigenvalue weighted by molar-refractivity contribution is -0.140. The lowest BCUT2D eigenvalue weighted by atomic mass is 10.1. The number of aliphatic carboxylic acids is 1. The third-order valence-corrected chi connectivity index (χ3v) is 3.91. The van der Waals surface area contributed by atoms with E-state index in [1.54, 1.807) is 30.3 Å². The van der Waals surface area contributed by atoms with E-state index >= 15 is 0 Å². The van der Waals surface area contributed by atoms with E-state index in [-0.39, 0.29) is 5.91 Å². The van der Waals surface area contributed by atoms with Crippen LogP contribution in [0.4, 0.5) is 0 Å². The van der Waals surface area contributed by atoms with Gasteiger partial charge in [-0.25, -0.2) is 4.79 Å². The first-order valence-electron chi connectivity index (χ1n) is 6.09. The lowest BCUT2D eigenvalue weighted by Crippen LogP contribution is -2.41. The minimum Gasteiger partial charge on any atom is -0.489 e. The van der Waals surface area contributed by atoms with Crippen molar-refractivity contribution in [3.63, 3.8) is 0 Å². The number of thioether (sulfide) groups is 1. The topological polar surface area (TPSA) is 66.8 Å². The van der Waals surface area contributed by atoms with Crippen molar-refractivity contribution in [3.05, 3.63) is 42.5 Å². The van der Waals surface area contributed by atoms with E-state index in [0.717, 1.165) is 0 Å². The number of benzene rings is 1. The molecular formula is C14H15NO4S. The summed E-state index contributed by atoms with van der Waals surface area (Å²) in [6.45, 7) is 3.85. The number of ether oxygens (including phenoxy) is 1. The standard InChI is InChI=1S/C14H15NO4S/c1-2-7-19-12-6-4-3-5-10(12)13(16)15-9-20-8-11(15)14(17)18/h2-6,11H,1,7-9H2,(H,17,18). The van der Waals surface area contributed by atoms with Crippen molar-refractivity contribution in [2.24, 2.45) is 0 Å². The Hall–Kier alpha value is -1.95. The smallest absolute Gasteiger partial charge is 0.327 e. The molecular weight excluding hydrogens is 278 g/mol. The van der Waals surface area contributed by atoms with Gasteiger partial charge in [0.1, 0.15) is 18.4 Å². The minimum atomic E-state index is -0.979. The fourth-order valence-electron chi connectivity index (χ4n) is 1.92. The highest BCUT2D eigenvalue weighted by Crippen LogP contribution is 2.27. The molecule has 1 saturated heterocycles. The number of para-hydroxylation sites is 1. The third-order valence-electron chi connectivity index (χ3n) is 2.90. The van der Waals surface area contributed by atoms with Crippen LogP contribution in [0, 0.1) is 0 Å². The maximum absolute atomic E-state index is 12.5. The van der Waals surface area contributed by atoms with Crippen LogP contribution in [0.25, 0.3) is 0 Å². The fraction of sp³-hybridized carbons (Fsp3) is 0.286. The van der Waals surface area contributed by atoms with Crippen LogP contribution in [0.5, 0.6) is 5.75 Å². The van der Waals surface area contributed by atoms with Crippen LogP contribution in [-0.4, -0.2) is 46.2 Å². The maximum atomic E-state index is 12.5. The van der Waals surface area contributed by atoms with Crippen LogP contribution in [0.3, 0.4) is 0 Å².